The van der Waals surface area contributed by atoms with Crippen LogP contribution in [0.4, 0.5) is 11.5 Å². The van der Waals surface area contributed by atoms with Crippen LogP contribution in [0, 0.1) is 5.92 Å². The number of rotatable bonds is 5. The van der Waals surface area contributed by atoms with Gasteiger partial charge in [0.05, 0.1) is 15.6 Å². The number of pyridine rings is 1. The van der Waals surface area contributed by atoms with E-state index in [1.54, 1.807) is 36.5 Å². The molecule has 3 N–H and O–H groups in total. The minimum absolute atomic E-state index is 0.146. The predicted molar refractivity (Wildman–Crippen MR) is 92.7 cm³/mol. The van der Waals surface area contributed by atoms with E-state index in [1.165, 1.54) is 0 Å². The van der Waals surface area contributed by atoms with Crippen molar-refractivity contribution in [2.24, 2.45) is 5.92 Å². The molecule has 1 saturated heterocycles. The fourth-order valence-electron chi connectivity index (χ4n) is 2.22. The van der Waals surface area contributed by atoms with Crippen molar-refractivity contribution in [2.75, 3.05) is 25.0 Å². The van der Waals surface area contributed by atoms with E-state index in [1.807, 2.05) is 0 Å². The van der Waals surface area contributed by atoms with Crippen LogP contribution in [-0.2, 0) is 0 Å². The van der Waals surface area contributed by atoms with Crippen LogP contribution in [0.15, 0.2) is 36.5 Å². The van der Waals surface area contributed by atoms with Crippen LogP contribution in [0.25, 0.3) is 0 Å². The van der Waals surface area contributed by atoms with Gasteiger partial charge in [0.15, 0.2) is 0 Å². The zero-order valence-electron chi connectivity index (χ0n) is 12.3. The van der Waals surface area contributed by atoms with E-state index in [4.69, 9.17) is 23.2 Å². The van der Waals surface area contributed by atoms with Crippen LogP contribution in [-0.4, -0.2) is 30.5 Å². The molecule has 0 saturated carbocycles. The summed E-state index contributed by atoms with van der Waals surface area (Å²) in [5.74, 6) is 0.838. The highest BCUT2D eigenvalue weighted by molar-refractivity contribution is 6.42. The van der Waals surface area contributed by atoms with Crippen molar-refractivity contribution in [1.29, 1.82) is 0 Å². The standard InChI is InChI=1S/C16H16Cl2N4O/c17-13-4-3-11(6-14(13)18)22-15-12(2-1-5-20-15)16(23)21-9-10-7-19-8-10/h1-6,10,19H,7-9H2,(H,20,22)(H,21,23). The first-order valence-electron chi connectivity index (χ1n) is 7.29. The van der Waals surface area contributed by atoms with Crippen LogP contribution < -0.4 is 16.0 Å². The predicted octanol–water partition coefficient (Wildman–Crippen LogP) is 3.08. The lowest BCUT2D eigenvalue weighted by Gasteiger charge is -2.27. The Kier molecular flexibility index (Phi) is 5.00. The first kappa shape index (κ1) is 16.1. The molecule has 5 nitrogen and oxygen atoms in total. The Morgan fingerprint density at radius 2 is 2.09 bits per heavy atom. The summed E-state index contributed by atoms with van der Waals surface area (Å²) >= 11 is 11.9. The smallest absolute Gasteiger partial charge is 0.255 e. The van der Waals surface area contributed by atoms with Gasteiger partial charge in [0.1, 0.15) is 5.82 Å². The highest BCUT2D eigenvalue weighted by atomic mass is 35.5. The number of nitrogens with one attached hydrogen (secondary N) is 3. The molecule has 0 aliphatic carbocycles. The van der Waals surface area contributed by atoms with Crippen molar-refractivity contribution in [2.45, 2.75) is 0 Å². The molecule has 0 bridgehead atoms. The van der Waals surface area contributed by atoms with E-state index < -0.39 is 0 Å². The van der Waals surface area contributed by atoms with E-state index in [2.05, 4.69) is 20.9 Å². The molecule has 2 heterocycles. The molecule has 2 aromatic rings. The topological polar surface area (TPSA) is 66.0 Å². The molecule has 1 fully saturated rings. The SMILES string of the molecule is O=C(NCC1CNC1)c1cccnc1Nc1ccc(Cl)c(Cl)c1. The van der Waals surface area contributed by atoms with Crippen molar-refractivity contribution < 1.29 is 4.79 Å². The second-order valence-corrected chi connectivity index (χ2v) is 6.20. The summed E-state index contributed by atoms with van der Waals surface area (Å²) < 4.78 is 0. The summed E-state index contributed by atoms with van der Waals surface area (Å²) in [7, 11) is 0. The second kappa shape index (κ2) is 7.17. The lowest BCUT2D eigenvalue weighted by atomic mass is 10.0. The normalized spacial score (nSPS) is 14.2. The lowest BCUT2D eigenvalue weighted by molar-refractivity contribution is 0.0943. The quantitative estimate of drug-likeness (QED) is 0.775. The summed E-state index contributed by atoms with van der Waals surface area (Å²) in [6.07, 6.45) is 1.63. The molecule has 0 spiro atoms. The number of hydrogen-bond donors (Lipinski definition) is 3. The number of anilines is 2. The Hall–Kier alpha value is -1.82. The number of carbonyl (C=O) groups excluding carboxylic acids is 1. The highest BCUT2D eigenvalue weighted by Gasteiger charge is 2.19. The maximum atomic E-state index is 12.4. The van der Waals surface area contributed by atoms with E-state index >= 15 is 0 Å². The number of hydrogen-bond acceptors (Lipinski definition) is 4. The molecule has 1 aromatic heterocycles. The van der Waals surface area contributed by atoms with Gasteiger partial charge in [0.25, 0.3) is 5.91 Å². The van der Waals surface area contributed by atoms with Crippen LogP contribution >= 0.6 is 23.2 Å². The van der Waals surface area contributed by atoms with Crippen LogP contribution in [0.2, 0.25) is 10.0 Å². The third-order valence-corrected chi connectivity index (χ3v) is 4.39. The van der Waals surface area contributed by atoms with Crippen molar-refractivity contribution >= 4 is 40.6 Å². The highest BCUT2D eigenvalue weighted by Crippen LogP contribution is 2.27. The first-order valence-corrected chi connectivity index (χ1v) is 8.05. The number of aromatic nitrogens is 1. The molecule has 3 rings (SSSR count). The monoisotopic (exact) mass is 350 g/mol. The summed E-state index contributed by atoms with van der Waals surface area (Å²) in [5.41, 5.74) is 1.21. The molecular formula is C16H16Cl2N4O. The van der Waals surface area contributed by atoms with Gasteiger partial charge in [0.2, 0.25) is 0 Å². The van der Waals surface area contributed by atoms with Gasteiger partial charge in [-0.3, -0.25) is 4.79 Å². The lowest BCUT2D eigenvalue weighted by Crippen LogP contribution is -2.48. The minimum atomic E-state index is -0.146. The number of carbonyl (C=O) groups is 1. The van der Waals surface area contributed by atoms with E-state index in [0.717, 1.165) is 18.8 Å². The molecule has 120 valence electrons. The molecule has 7 heteroatoms. The van der Waals surface area contributed by atoms with Crippen LogP contribution in [0.3, 0.4) is 0 Å². The summed E-state index contributed by atoms with van der Waals surface area (Å²) in [6.45, 7) is 2.55. The Bertz CT molecular complexity index is 719. The zero-order valence-corrected chi connectivity index (χ0v) is 13.8. The summed E-state index contributed by atoms with van der Waals surface area (Å²) in [6, 6.07) is 8.64. The van der Waals surface area contributed by atoms with Gasteiger partial charge in [-0.2, -0.15) is 0 Å². The van der Waals surface area contributed by atoms with Crippen molar-refractivity contribution in [1.82, 2.24) is 15.6 Å². The molecule has 1 aliphatic heterocycles. The average Bonchev–Trinajstić information content (AvgIpc) is 2.50. The Morgan fingerprint density at radius 3 is 2.78 bits per heavy atom. The molecular weight excluding hydrogens is 335 g/mol. The summed E-state index contributed by atoms with van der Waals surface area (Å²) in [5, 5.41) is 10.1. The molecule has 0 radical (unpaired) electrons. The van der Waals surface area contributed by atoms with Gasteiger partial charge in [-0.1, -0.05) is 23.2 Å². The average molecular weight is 351 g/mol. The molecule has 0 atom stereocenters. The van der Waals surface area contributed by atoms with Gasteiger partial charge in [-0.25, -0.2) is 4.98 Å². The molecule has 23 heavy (non-hydrogen) atoms. The second-order valence-electron chi connectivity index (χ2n) is 5.39. The van der Waals surface area contributed by atoms with E-state index in [9.17, 15) is 4.79 Å². The van der Waals surface area contributed by atoms with Gasteiger partial charge in [-0.15, -0.1) is 0 Å². The van der Waals surface area contributed by atoms with Crippen molar-refractivity contribution in [3.63, 3.8) is 0 Å². The van der Waals surface area contributed by atoms with Gasteiger partial charge < -0.3 is 16.0 Å². The fraction of sp³-hybridized carbons (Fsp3) is 0.250. The van der Waals surface area contributed by atoms with E-state index in [0.29, 0.717) is 33.9 Å². The maximum absolute atomic E-state index is 12.4. The third kappa shape index (κ3) is 3.93. The number of benzene rings is 1. The van der Waals surface area contributed by atoms with Gasteiger partial charge in [0, 0.05) is 37.4 Å². The molecule has 0 unspecified atom stereocenters. The Labute approximate surface area is 144 Å². The largest absolute Gasteiger partial charge is 0.352 e. The van der Waals surface area contributed by atoms with Crippen LogP contribution in [0.5, 0.6) is 0 Å². The minimum Gasteiger partial charge on any atom is -0.352 e. The molecule has 1 aromatic carbocycles. The zero-order chi connectivity index (χ0) is 16.2. The number of nitrogens with zero attached hydrogens (tertiary/aromatic N) is 1. The van der Waals surface area contributed by atoms with Crippen LogP contribution in [0.1, 0.15) is 10.4 Å². The van der Waals surface area contributed by atoms with Crippen molar-refractivity contribution in [3.05, 3.63) is 52.1 Å². The van der Waals surface area contributed by atoms with Gasteiger partial charge >= 0.3 is 0 Å². The fourth-order valence-corrected chi connectivity index (χ4v) is 2.52. The molecule has 1 aliphatic rings. The first-order chi connectivity index (χ1) is 11.1. The van der Waals surface area contributed by atoms with Gasteiger partial charge in [-0.05, 0) is 30.3 Å². The van der Waals surface area contributed by atoms with Crippen molar-refractivity contribution in [3.8, 4) is 0 Å². The summed E-state index contributed by atoms with van der Waals surface area (Å²) in [4.78, 5) is 16.6. The Morgan fingerprint density at radius 1 is 1.26 bits per heavy atom. The molecule has 1 amide bonds. The Balaban J connectivity index is 1.73. The maximum Gasteiger partial charge on any atom is 0.255 e. The number of amides is 1. The number of halogens is 2. The van der Waals surface area contributed by atoms with E-state index in [-0.39, 0.29) is 5.91 Å². The third-order valence-electron chi connectivity index (χ3n) is 3.65.